The van der Waals surface area contributed by atoms with Crippen LogP contribution in [0.2, 0.25) is 0 Å². The molecule has 10 N–H and O–H groups in total. The van der Waals surface area contributed by atoms with Crippen molar-refractivity contribution in [1.29, 1.82) is 0 Å². The van der Waals surface area contributed by atoms with E-state index in [1.165, 1.54) is 24.3 Å². The van der Waals surface area contributed by atoms with E-state index >= 15 is 0 Å². The van der Waals surface area contributed by atoms with Crippen LogP contribution in [0.15, 0.2) is 12.5 Å². The number of primary amides is 1. The van der Waals surface area contributed by atoms with Crippen molar-refractivity contribution in [3.8, 4) is 0 Å². The number of hydrogen-bond acceptors (Lipinski definition) is 9. The van der Waals surface area contributed by atoms with Gasteiger partial charge in [-0.25, -0.2) is 9.78 Å². The number of amides is 4. The van der Waals surface area contributed by atoms with Gasteiger partial charge in [0.25, 0.3) is 0 Å². The zero-order chi connectivity index (χ0) is 26.5. The van der Waals surface area contributed by atoms with Crippen molar-refractivity contribution in [3.05, 3.63) is 18.2 Å². The van der Waals surface area contributed by atoms with Crippen LogP contribution in [-0.2, 0) is 35.2 Å². The molecule has 15 nitrogen and oxygen atoms in total. The molecule has 1 heterocycles. The molecule has 35 heavy (non-hydrogen) atoms. The van der Waals surface area contributed by atoms with E-state index in [2.05, 4.69) is 25.9 Å². The van der Waals surface area contributed by atoms with Gasteiger partial charge in [0.05, 0.1) is 25.2 Å². The summed E-state index contributed by atoms with van der Waals surface area (Å²) < 4.78 is 0. The summed E-state index contributed by atoms with van der Waals surface area (Å²) in [4.78, 5) is 78.0. The number of H-pyrrole nitrogens is 1. The summed E-state index contributed by atoms with van der Waals surface area (Å²) in [5.41, 5.74) is 11.2. The summed E-state index contributed by atoms with van der Waals surface area (Å²) in [7, 11) is 0. The third-order valence-electron chi connectivity index (χ3n) is 4.61. The van der Waals surface area contributed by atoms with Crippen molar-refractivity contribution in [1.82, 2.24) is 25.9 Å². The number of carbonyl (C=O) groups is 6. The number of nitrogens with two attached hydrogens (primary N) is 2. The van der Waals surface area contributed by atoms with E-state index in [4.69, 9.17) is 16.6 Å². The number of aromatic amines is 1. The lowest BCUT2D eigenvalue weighted by Crippen LogP contribution is -2.58. The Labute approximate surface area is 204 Å². The normalized spacial score (nSPS) is 14.1. The highest BCUT2D eigenvalue weighted by Gasteiger charge is 2.31. The van der Waals surface area contributed by atoms with Crippen molar-refractivity contribution in [2.24, 2.45) is 11.5 Å². The Morgan fingerprint density at radius 1 is 1.00 bits per heavy atom. The van der Waals surface area contributed by atoms with Gasteiger partial charge in [-0.1, -0.05) is 0 Å². The third-order valence-corrected chi connectivity index (χ3v) is 5.25. The summed E-state index contributed by atoms with van der Waals surface area (Å²) in [5, 5.41) is 25.0. The summed E-state index contributed by atoms with van der Waals surface area (Å²) >= 11 is 1.36. The van der Waals surface area contributed by atoms with Gasteiger partial charge >= 0.3 is 11.9 Å². The SMILES string of the molecule is CSCCC(NC(=O)C(Cc1cnc[nH]1)NC(=O)C(N)CC(N)=O)C(=O)NC(CC(=O)O)C(=O)O. The lowest BCUT2D eigenvalue weighted by Gasteiger charge is -2.24. The smallest absolute Gasteiger partial charge is 0.326 e. The van der Waals surface area contributed by atoms with Gasteiger partial charge in [0.15, 0.2) is 0 Å². The Balaban J connectivity index is 3.04. The Hall–Kier alpha value is -3.66. The van der Waals surface area contributed by atoms with E-state index in [1.807, 2.05) is 0 Å². The molecule has 0 aliphatic carbocycles. The number of aliphatic carboxylic acids is 2. The number of aromatic nitrogens is 2. The van der Waals surface area contributed by atoms with Crippen LogP contribution in [0.1, 0.15) is 25.0 Å². The van der Waals surface area contributed by atoms with Gasteiger partial charge < -0.3 is 42.6 Å². The first-order chi connectivity index (χ1) is 16.4. The van der Waals surface area contributed by atoms with Crippen LogP contribution in [0.3, 0.4) is 0 Å². The zero-order valence-electron chi connectivity index (χ0n) is 18.9. The van der Waals surface area contributed by atoms with Crippen LogP contribution in [0.4, 0.5) is 0 Å². The molecule has 16 heteroatoms. The molecule has 0 aliphatic heterocycles. The summed E-state index contributed by atoms with van der Waals surface area (Å²) in [5.74, 6) is -5.94. The summed E-state index contributed by atoms with van der Waals surface area (Å²) in [6, 6.07) is -5.50. The Kier molecular flexibility index (Phi) is 12.2. The molecule has 0 aromatic carbocycles. The van der Waals surface area contributed by atoms with Crippen molar-refractivity contribution in [3.63, 3.8) is 0 Å². The maximum Gasteiger partial charge on any atom is 0.326 e. The van der Waals surface area contributed by atoms with Crippen LogP contribution < -0.4 is 27.4 Å². The van der Waals surface area contributed by atoms with E-state index in [-0.39, 0.29) is 12.8 Å². The molecule has 4 unspecified atom stereocenters. The number of carboxylic acids is 2. The molecule has 4 atom stereocenters. The number of hydrogen-bond donors (Lipinski definition) is 8. The topological polar surface area (TPSA) is 260 Å². The van der Waals surface area contributed by atoms with Crippen LogP contribution in [-0.4, -0.2) is 91.9 Å². The van der Waals surface area contributed by atoms with Gasteiger partial charge in [-0.2, -0.15) is 11.8 Å². The first-order valence-electron chi connectivity index (χ1n) is 10.3. The second-order valence-electron chi connectivity index (χ2n) is 7.46. The minimum atomic E-state index is -1.71. The highest BCUT2D eigenvalue weighted by Crippen LogP contribution is 2.06. The summed E-state index contributed by atoms with van der Waals surface area (Å²) in [6.45, 7) is 0. The van der Waals surface area contributed by atoms with Gasteiger partial charge in [-0.3, -0.25) is 24.0 Å². The zero-order valence-corrected chi connectivity index (χ0v) is 19.7. The van der Waals surface area contributed by atoms with Gasteiger partial charge in [0, 0.05) is 18.3 Å². The molecule has 194 valence electrons. The second-order valence-corrected chi connectivity index (χ2v) is 8.44. The second kappa shape index (κ2) is 14.6. The molecule has 0 saturated heterocycles. The molecule has 0 fully saturated rings. The summed E-state index contributed by atoms with van der Waals surface area (Å²) in [6.07, 6.45) is 3.22. The van der Waals surface area contributed by atoms with E-state index in [9.17, 15) is 33.9 Å². The van der Waals surface area contributed by atoms with E-state index < -0.39 is 72.6 Å². The molecule has 0 saturated carbocycles. The van der Waals surface area contributed by atoms with Gasteiger partial charge in [0.1, 0.15) is 18.1 Å². The molecule has 0 aliphatic rings. The number of thioether (sulfide) groups is 1. The largest absolute Gasteiger partial charge is 0.481 e. The quantitative estimate of drug-likeness (QED) is 0.109. The molecule has 0 radical (unpaired) electrons. The van der Waals surface area contributed by atoms with Gasteiger partial charge in [-0.05, 0) is 18.4 Å². The Morgan fingerprint density at radius 2 is 1.60 bits per heavy atom. The fraction of sp³-hybridized carbons (Fsp3) is 0.526. The molecule has 0 spiro atoms. The standard InChI is InChI=1S/C19H29N7O8S/c1-35-3-2-11(17(31)26-13(19(33)34)6-15(28)29)24-18(32)12(4-9-7-22-8-23-9)25-16(30)10(20)5-14(21)27/h7-8,10-13H,2-6,20H2,1H3,(H2,21,27)(H,22,23)(H,24,32)(H,25,30)(H,26,31)(H,28,29)(H,33,34). The number of nitrogens with zero attached hydrogens (tertiary/aromatic N) is 1. The van der Waals surface area contributed by atoms with Gasteiger partial charge in [-0.15, -0.1) is 0 Å². The molecule has 1 rings (SSSR count). The fourth-order valence-corrected chi connectivity index (χ4v) is 3.31. The van der Waals surface area contributed by atoms with Crippen molar-refractivity contribution >= 4 is 47.3 Å². The number of imidazole rings is 1. The lowest BCUT2D eigenvalue weighted by molar-refractivity contribution is -0.147. The Bertz CT molecular complexity index is 911. The average Bonchev–Trinajstić information content (AvgIpc) is 3.27. The van der Waals surface area contributed by atoms with Crippen molar-refractivity contribution in [2.45, 2.75) is 49.9 Å². The minimum absolute atomic E-state index is 0.0749. The molecule has 1 aromatic heterocycles. The first kappa shape index (κ1) is 29.4. The van der Waals surface area contributed by atoms with Crippen LogP contribution >= 0.6 is 11.8 Å². The molecular weight excluding hydrogens is 486 g/mol. The van der Waals surface area contributed by atoms with Crippen molar-refractivity contribution < 1.29 is 39.0 Å². The minimum Gasteiger partial charge on any atom is -0.481 e. The predicted octanol–water partition coefficient (Wildman–Crippen LogP) is -3.08. The number of carboxylic acid groups (broad SMARTS) is 2. The molecule has 4 amide bonds. The van der Waals surface area contributed by atoms with Crippen molar-refractivity contribution in [2.75, 3.05) is 12.0 Å². The number of carbonyl (C=O) groups excluding carboxylic acids is 4. The number of rotatable bonds is 16. The predicted molar refractivity (Wildman–Crippen MR) is 123 cm³/mol. The monoisotopic (exact) mass is 515 g/mol. The highest BCUT2D eigenvalue weighted by molar-refractivity contribution is 7.98. The van der Waals surface area contributed by atoms with Crippen LogP contribution in [0, 0.1) is 0 Å². The van der Waals surface area contributed by atoms with E-state index in [0.717, 1.165) is 0 Å². The average molecular weight is 516 g/mol. The molecular formula is C19H29N7O8S. The maximum atomic E-state index is 13.0. The molecule has 1 aromatic rings. The number of nitrogens with one attached hydrogen (secondary N) is 4. The molecule has 0 bridgehead atoms. The fourth-order valence-electron chi connectivity index (χ4n) is 2.84. The Morgan fingerprint density at radius 3 is 2.11 bits per heavy atom. The van der Waals surface area contributed by atoms with E-state index in [1.54, 1.807) is 6.26 Å². The van der Waals surface area contributed by atoms with Crippen LogP contribution in [0.25, 0.3) is 0 Å². The van der Waals surface area contributed by atoms with E-state index in [0.29, 0.717) is 11.4 Å². The van der Waals surface area contributed by atoms with Crippen LogP contribution in [0.5, 0.6) is 0 Å². The van der Waals surface area contributed by atoms with Gasteiger partial charge in [0.2, 0.25) is 23.6 Å². The first-order valence-corrected chi connectivity index (χ1v) is 11.7. The lowest BCUT2D eigenvalue weighted by atomic mass is 10.1. The highest BCUT2D eigenvalue weighted by atomic mass is 32.2. The third kappa shape index (κ3) is 10.9. The maximum absolute atomic E-state index is 13.0.